The highest BCUT2D eigenvalue weighted by molar-refractivity contribution is 5.96. The van der Waals surface area contributed by atoms with Gasteiger partial charge in [0.15, 0.2) is 0 Å². The van der Waals surface area contributed by atoms with Crippen molar-refractivity contribution < 1.29 is 9.90 Å². The van der Waals surface area contributed by atoms with E-state index in [0.717, 1.165) is 11.1 Å². The topological polar surface area (TPSA) is 61.4 Å². The number of aliphatic hydroxyl groups is 1. The third-order valence-corrected chi connectivity index (χ3v) is 3.01. The van der Waals surface area contributed by atoms with E-state index in [1.807, 2.05) is 24.3 Å². The number of nitrogens with one attached hydrogen (secondary N) is 2. The average molecular weight is 278 g/mol. The summed E-state index contributed by atoms with van der Waals surface area (Å²) in [6, 6.07) is 7.71. The monoisotopic (exact) mass is 278 g/mol. The molecule has 0 aromatic heterocycles. The van der Waals surface area contributed by atoms with Gasteiger partial charge in [0.05, 0.1) is 6.10 Å². The molecule has 1 amide bonds. The zero-order valence-corrected chi connectivity index (χ0v) is 12.9. The van der Waals surface area contributed by atoms with Crippen LogP contribution in [0.3, 0.4) is 0 Å². The summed E-state index contributed by atoms with van der Waals surface area (Å²) < 4.78 is 0. The first-order chi connectivity index (χ1) is 9.32. The van der Waals surface area contributed by atoms with Gasteiger partial charge in [0.25, 0.3) is 5.91 Å². The van der Waals surface area contributed by atoms with Crippen LogP contribution < -0.4 is 10.6 Å². The lowest BCUT2D eigenvalue weighted by atomic mass is 9.83. The number of aliphatic hydroxyl groups excluding tert-OH is 1. The minimum Gasteiger partial charge on any atom is -0.392 e. The molecule has 0 aliphatic heterocycles. The van der Waals surface area contributed by atoms with Gasteiger partial charge in [-0.25, -0.2) is 0 Å². The predicted molar refractivity (Wildman–Crippen MR) is 82.0 cm³/mol. The Hall–Kier alpha value is -1.39. The summed E-state index contributed by atoms with van der Waals surface area (Å²) in [7, 11) is 0. The van der Waals surface area contributed by atoms with Crippen molar-refractivity contribution in [2.75, 3.05) is 19.6 Å². The van der Waals surface area contributed by atoms with Crippen LogP contribution in [0.1, 0.15) is 43.6 Å². The van der Waals surface area contributed by atoms with E-state index in [2.05, 4.69) is 31.4 Å². The van der Waals surface area contributed by atoms with E-state index in [4.69, 9.17) is 5.11 Å². The molecular weight excluding hydrogens is 252 g/mol. The third kappa shape index (κ3) is 5.31. The minimum absolute atomic E-state index is 0.0469. The van der Waals surface area contributed by atoms with Gasteiger partial charge in [0.2, 0.25) is 0 Å². The van der Waals surface area contributed by atoms with Gasteiger partial charge in [-0.3, -0.25) is 4.79 Å². The Morgan fingerprint density at radius 2 is 1.90 bits per heavy atom. The van der Waals surface area contributed by atoms with Gasteiger partial charge < -0.3 is 15.7 Å². The molecule has 112 valence electrons. The van der Waals surface area contributed by atoms with Gasteiger partial charge in [-0.2, -0.15) is 0 Å². The number of hydrogen-bond donors (Lipinski definition) is 3. The summed E-state index contributed by atoms with van der Waals surface area (Å²) in [6.07, 6.45) is -0.368. The summed E-state index contributed by atoms with van der Waals surface area (Å²) in [6.45, 7) is 9.76. The van der Waals surface area contributed by atoms with Gasteiger partial charge in [-0.1, -0.05) is 39.0 Å². The molecule has 1 rings (SSSR count). The van der Waals surface area contributed by atoms with Crippen molar-refractivity contribution in [3.63, 3.8) is 0 Å². The standard InChI is InChI=1S/C16H26N2O2/c1-12(19)11-17-9-10-18-15(20)13-7-5-6-8-14(13)16(2,3)4/h5-8,12,17,19H,9-11H2,1-4H3,(H,18,20). The molecule has 0 radical (unpaired) electrons. The first kappa shape index (κ1) is 16.7. The van der Waals surface area contributed by atoms with Crippen LogP contribution in [0.4, 0.5) is 0 Å². The molecule has 4 nitrogen and oxygen atoms in total. The molecule has 0 saturated heterocycles. The first-order valence-electron chi connectivity index (χ1n) is 7.09. The van der Waals surface area contributed by atoms with E-state index >= 15 is 0 Å². The second kappa shape index (κ2) is 7.41. The molecule has 1 unspecified atom stereocenters. The lowest BCUT2D eigenvalue weighted by molar-refractivity contribution is 0.0951. The maximum absolute atomic E-state index is 12.2. The number of hydrogen-bond acceptors (Lipinski definition) is 3. The quantitative estimate of drug-likeness (QED) is 0.694. The van der Waals surface area contributed by atoms with Crippen molar-refractivity contribution in [1.82, 2.24) is 10.6 Å². The average Bonchev–Trinajstić information content (AvgIpc) is 2.36. The Kier molecular flexibility index (Phi) is 6.17. The van der Waals surface area contributed by atoms with Crippen molar-refractivity contribution in [2.45, 2.75) is 39.2 Å². The van der Waals surface area contributed by atoms with Crippen molar-refractivity contribution in [3.05, 3.63) is 35.4 Å². The molecule has 1 atom stereocenters. The molecule has 0 saturated carbocycles. The Labute approximate surface area is 121 Å². The highest BCUT2D eigenvalue weighted by Gasteiger charge is 2.20. The minimum atomic E-state index is -0.368. The maximum Gasteiger partial charge on any atom is 0.251 e. The molecule has 1 aromatic carbocycles. The van der Waals surface area contributed by atoms with Crippen LogP contribution in [0.5, 0.6) is 0 Å². The molecule has 0 fully saturated rings. The number of carbonyl (C=O) groups is 1. The molecule has 1 aromatic rings. The number of amides is 1. The summed E-state index contributed by atoms with van der Waals surface area (Å²) in [5.41, 5.74) is 1.73. The SMILES string of the molecule is CC(O)CNCCNC(=O)c1ccccc1C(C)(C)C. The molecule has 0 aliphatic carbocycles. The lowest BCUT2D eigenvalue weighted by Gasteiger charge is -2.22. The third-order valence-electron chi connectivity index (χ3n) is 3.01. The summed E-state index contributed by atoms with van der Waals surface area (Å²) in [5, 5.41) is 15.1. The zero-order chi connectivity index (χ0) is 15.2. The van der Waals surface area contributed by atoms with E-state index < -0.39 is 0 Å². The van der Waals surface area contributed by atoms with Crippen LogP contribution in [0.25, 0.3) is 0 Å². The molecule has 20 heavy (non-hydrogen) atoms. The van der Waals surface area contributed by atoms with Crippen molar-refractivity contribution in [2.24, 2.45) is 0 Å². The normalized spacial score (nSPS) is 13.1. The molecule has 0 aliphatic rings. The summed E-state index contributed by atoms with van der Waals surface area (Å²) in [4.78, 5) is 12.2. The molecule has 4 heteroatoms. The molecule has 0 bridgehead atoms. The number of benzene rings is 1. The van der Waals surface area contributed by atoms with Gasteiger partial charge in [-0.05, 0) is 24.0 Å². The van der Waals surface area contributed by atoms with E-state index in [1.54, 1.807) is 6.92 Å². The van der Waals surface area contributed by atoms with E-state index in [9.17, 15) is 4.79 Å². The Bertz CT molecular complexity index is 436. The van der Waals surface area contributed by atoms with Crippen LogP contribution in [0.2, 0.25) is 0 Å². The second-order valence-corrected chi connectivity index (χ2v) is 6.10. The zero-order valence-electron chi connectivity index (χ0n) is 12.9. The van der Waals surface area contributed by atoms with Gasteiger partial charge in [0.1, 0.15) is 0 Å². The molecule has 3 N–H and O–H groups in total. The van der Waals surface area contributed by atoms with Crippen LogP contribution in [-0.4, -0.2) is 36.8 Å². The van der Waals surface area contributed by atoms with Gasteiger partial charge in [-0.15, -0.1) is 0 Å². The van der Waals surface area contributed by atoms with Crippen molar-refractivity contribution >= 4 is 5.91 Å². The Morgan fingerprint density at radius 3 is 2.50 bits per heavy atom. The van der Waals surface area contributed by atoms with Crippen LogP contribution in [0, 0.1) is 0 Å². The largest absolute Gasteiger partial charge is 0.392 e. The smallest absolute Gasteiger partial charge is 0.251 e. The highest BCUT2D eigenvalue weighted by atomic mass is 16.3. The Morgan fingerprint density at radius 1 is 1.25 bits per heavy atom. The number of rotatable bonds is 6. The van der Waals surface area contributed by atoms with Gasteiger partial charge in [0, 0.05) is 25.2 Å². The maximum atomic E-state index is 12.2. The van der Waals surface area contributed by atoms with Crippen LogP contribution in [-0.2, 0) is 5.41 Å². The number of carbonyl (C=O) groups excluding carboxylic acids is 1. The fourth-order valence-electron chi connectivity index (χ4n) is 2.01. The van der Waals surface area contributed by atoms with E-state index in [1.165, 1.54) is 0 Å². The van der Waals surface area contributed by atoms with Crippen molar-refractivity contribution in [3.8, 4) is 0 Å². The fourth-order valence-corrected chi connectivity index (χ4v) is 2.01. The fraction of sp³-hybridized carbons (Fsp3) is 0.562. The highest BCUT2D eigenvalue weighted by Crippen LogP contribution is 2.25. The van der Waals surface area contributed by atoms with Gasteiger partial charge >= 0.3 is 0 Å². The summed E-state index contributed by atoms with van der Waals surface area (Å²) >= 11 is 0. The van der Waals surface area contributed by atoms with E-state index in [-0.39, 0.29) is 17.4 Å². The summed E-state index contributed by atoms with van der Waals surface area (Å²) in [5.74, 6) is -0.0469. The lowest BCUT2D eigenvalue weighted by Crippen LogP contribution is -2.35. The molecular formula is C16H26N2O2. The van der Waals surface area contributed by atoms with Crippen LogP contribution >= 0.6 is 0 Å². The van der Waals surface area contributed by atoms with Crippen molar-refractivity contribution in [1.29, 1.82) is 0 Å². The molecule has 0 spiro atoms. The second-order valence-electron chi connectivity index (χ2n) is 6.10. The Balaban J connectivity index is 2.56. The van der Waals surface area contributed by atoms with Crippen LogP contribution in [0.15, 0.2) is 24.3 Å². The van der Waals surface area contributed by atoms with E-state index in [0.29, 0.717) is 19.6 Å². The molecule has 0 heterocycles. The first-order valence-corrected chi connectivity index (χ1v) is 7.09. The predicted octanol–water partition coefficient (Wildman–Crippen LogP) is 1.68.